The lowest BCUT2D eigenvalue weighted by atomic mass is 9.86. The van der Waals surface area contributed by atoms with Crippen LogP contribution in [0.4, 0.5) is 17.1 Å². The number of aromatic nitrogens is 2. The van der Waals surface area contributed by atoms with Gasteiger partial charge in [0.2, 0.25) is 10.0 Å². The predicted octanol–water partition coefficient (Wildman–Crippen LogP) is 5.67. The highest BCUT2D eigenvalue weighted by atomic mass is 32.2. The molecule has 46 heavy (non-hydrogen) atoms. The SMILES string of the molecule is COc1c(NC(=O)c2ccc(C)c(N3CC(c4cnc(C(O)c5ccccc5)n4C)N=N3)c2)cc(C(C)(C)C)cc1NS(C)(=O)=O. The number of aryl methyl sites for hydroxylation is 1. The van der Waals surface area contributed by atoms with E-state index in [0.29, 0.717) is 29.3 Å². The molecule has 0 fully saturated rings. The van der Waals surface area contributed by atoms with Crippen LogP contribution in [-0.4, -0.2) is 48.9 Å². The van der Waals surface area contributed by atoms with Gasteiger partial charge in [-0.3, -0.25) is 9.52 Å². The maximum atomic E-state index is 13.6. The van der Waals surface area contributed by atoms with Crippen molar-refractivity contribution in [1.82, 2.24) is 9.55 Å². The molecule has 0 aliphatic carbocycles. The highest BCUT2D eigenvalue weighted by Crippen LogP contribution is 2.40. The van der Waals surface area contributed by atoms with Gasteiger partial charge in [0.25, 0.3) is 5.91 Å². The zero-order valence-corrected chi connectivity index (χ0v) is 27.8. The number of anilines is 3. The summed E-state index contributed by atoms with van der Waals surface area (Å²) >= 11 is 0. The number of hydrogen-bond acceptors (Lipinski definition) is 9. The number of aliphatic hydroxyl groups excluding tert-OH is 1. The van der Waals surface area contributed by atoms with Gasteiger partial charge in [-0.15, -0.1) is 0 Å². The second kappa shape index (κ2) is 12.6. The van der Waals surface area contributed by atoms with E-state index in [2.05, 4.69) is 25.4 Å². The Morgan fingerprint density at radius 2 is 1.78 bits per heavy atom. The number of carbonyl (C=O) groups is 1. The largest absolute Gasteiger partial charge is 0.492 e. The van der Waals surface area contributed by atoms with Crippen LogP contribution in [-0.2, 0) is 22.5 Å². The van der Waals surface area contributed by atoms with E-state index in [1.54, 1.807) is 35.5 Å². The molecule has 0 saturated carbocycles. The fraction of sp³-hybridized carbons (Fsp3) is 0.333. The number of rotatable bonds is 9. The molecule has 0 bridgehead atoms. The van der Waals surface area contributed by atoms with E-state index in [1.165, 1.54) is 7.11 Å². The Morgan fingerprint density at radius 1 is 1.09 bits per heavy atom. The van der Waals surface area contributed by atoms with Crippen molar-refractivity contribution in [3.8, 4) is 5.75 Å². The molecular weight excluding hydrogens is 606 g/mol. The van der Waals surface area contributed by atoms with Gasteiger partial charge in [-0.1, -0.05) is 62.4 Å². The Labute approximate surface area is 269 Å². The summed E-state index contributed by atoms with van der Waals surface area (Å²) in [5.74, 6) is 0.295. The first kappa shape index (κ1) is 32.6. The third kappa shape index (κ3) is 6.90. The second-order valence-electron chi connectivity index (χ2n) is 12.4. The van der Waals surface area contributed by atoms with Gasteiger partial charge in [-0.25, -0.2) is 18.4 Å². The minimum atomic E-state index is -3.62. The summed E-state index contributed by atoms with van der Waals surface area (Å²) in [5.41, 5.74) is 4.54. The normalized spacial score (nSPS) is 15.6. The topological polar surface area (TPSA) is 151 Å². The van der Waals surface area contributed by atoms with Crippen molar-refractivity contribution in [2.24, 2.45) is 17.4 Å². The van der Waals surface area contributed by atoms with E-state index in [0.717, 1.165) is 28.6 Å². The van der Waals surface area contributed by atoms with Crippen molar-refractivity contribution in [3.63, 3.8) is 0 Å². The Morgan fingerprint density at radius 3 is 2.43 bits per heavy atom. The van der Waals surface area contributed by atoms with Crippen LogP contribution in [0.5, 0.6) is 5.75 Å². The molecule has 1 aromatic heterocycles. The lowest BCUT2D eigenvalue weighted by Crippen LogP contribution is -2.20. The molecule has 1 aliphatic heterocycles. The third-order valence-electron chi connectivity index (χ3n) is 7.86. The summed E-state index contributed by atoms with van der Waals surface area (Å²) in [4.78, 5) is 18.1. The number of ether oxygens (including phenoxy) is 1. The van der Waals surface area contributed by atoms with E-state index in [4.69, 9.17) is 4.74 Å². The monoisotopic (exact) mass is 645 g/mol. The number of sulfonamides is 1. The molecule has 3 aromatic carbocycles. The Bertz CT molecular complexity index is 1900. The first-order valence-corrected chi connectivity index (χ1v) is 16.6. The van der Waals surface area contributed by atoms with Gasteiger partial charge in [0.1, 0.15) is 18.0 Å². The summed E-state index contributed by atoms with van der Waals surface area (Å²) in [5, 5.41) is 24.5. The summed E-state index contributed by atoms with van der Waals surface area (Å²) in [6, 6.07) is 17.8. The molecule has 0 radical (unpaired) electrons. The number of methoxy groups -OCH3 is 1. The van der Waals surface area contributed by atoms with Crippen LogP contribution < -0.4 is 19.8 Å². The fourth-order valence-electron chi connectivity index (χ4n) is 5.32. The van der Waals surface area contributed by atoms with Crippen LogP contribution in [0, 0.1) is 6.92 Å². The number of nitrogens with one attached hydrogen (secondary N) is 2. The van der Waals surface area contributed by atoms with Crippen molar-refractivity contribution in [2.45, 2.75) is 45.3 Å². The van der Waals surface area contributed by atoms with E-state index in [-0.39, 0.29) is 22.9 Å². The van der Waals surface area contributed by atoms with E-state index < -0.39 is 22.0 Å². The van der Waals surface area contributed by atoms with Crippen molar-refractivity contribution >= 4 is 33.0 Å². The second-order valence-corrected chi connectivity index (χ2v) is 14.1. The average Bonchev–Trinajstić information content (AvgIpc) is 3.62. The van der Waals surface area contributed by atoms with Gasteiger partial charge in [-0.2, -0.15) is 5.11 Å². The minimum absolute atomic E-state index is 0.197. The summed E-state index contributed by atoms with van der Waals surface area (Å²) in [6.07, 6.45) is 1.88. The fourth-order valence-corrected chi connectivity index (χ4v) is 5.87. The van der Waals surface area contributed by atoms with Crippen LogP contribution in [0.2, 0.25) is 0 Å². The van der Waals surface area contributed by atoms with Crippen LogP contribution in [0.15, 0.2) is 77.2 Å². The molecule has 1 aliphatic rings. The highest BCUT2D eigenvalue weighted by Gasteiger charge is 2.29. The first-order chi connectivity index (χ1) is 21.7. The minimum Gasteiger partial charge on any atom is -0.492 e. The standard InChI is InChI=1S/C33H39N7O5S/c1-20-13-14-22(32(42)35-24-16-23(33(2,3)4)17-25(30(24)45-6)37-46(7,43)44)15-27(20)40-19-26(36-38-40)28-18-34-31(39(28)5)29(41)21-11-9-8-10-12-21/h8-18,26,29,37,41H,19H2,1-7H3,(H,35,42). The zero-order chi connectivity index (χ0) is 33.4. The Hall–Kier alpha value is -4.75. The zero-order valence-electron chi connectivity index (χ0n) is 26.9. The summed E-state index contributed by atoms with van der Waals surface area (Å²) in [7, 11) is -0.354. The molecule has 2 atom stereocenters. The number of carbonyl (C=O) groups excluding carboxylic acids is 1. The smallest absolute Gasteiger partial charge is 0.255 e. The maximum Gasteiger partial charge on any atom is 0.255 e. The third-order valence-corrected chi connectivity index (χ3v) is 8.45. The lowest BCUT2D eigenvalue weighted by molar-refractivity contribution is 0.102. The number of amides is 1. The Balaban J connectivity index is 1.38. The molecule has 0 spiro atoms. The van der Waals surface area contributed by atoms with E-state index >= 15 is 0 Å². The molecule has 0 saturated heterocycles. The van der Waals surface area contributed by atoms with E-state index in [9.17, 15) is 18.3 Å². The number of nitrogens with zero attached hydrogens (tertiary/aromatic N) is 5. The molecule has 13 heteroatoms. The molecular formula is C33H39N7O5S. The Kier molecular flexibility index (Phi) is 8.91. The van der Waals surface area contributed by atoms with Crippen molar-refractivity contribution in [2.75, 3.05) is 35.0 Å². The number of aliphatic hydroxyl groups is 1. The van der Waals surface area contributed by atoms with Crippen LogP contribution in [0.25, 0.3) is 0 Å². The number of hydrogen-bond donors (Lipinski definition) is 3. The first-order valence-electron chi connectivity index (χ1n) is 14.7. The van der Waals surface area contributed by atoms with Gasteiger partial charge in [0.15, 0.2) is 5.75 Å². The van der Waals surface area contributed by atoms with Crippen molar-refractivity contribution < 1.29 is 23.1 Å². The van der Waals surface area contributed by atoms with Crippen LogP contribution >= 0.6 is 0 Å². The molecule has 5 rings (SSSR count). The molecule has 242 valence electrons. The molecule has 3 N–H and O–H groups in total. The molecule has 2 heterocycles. The van der Waals surface area contributed by atoms with E-state index in [1.807, 2.05) is 75.7 Å². The number of benzene rings is 3. The molecule has 1 amide bonds. The quantitative estimate of drug-likeness (QED) is 0.212. The van der Waals surface area contributed by atoms with Gasteiger partial charge < -0.3 is 19.7 Å². The van der Waals surface area contributed by atoms with Gasteiger partial charge in [0.05, 0.1) is 48.9 Å². The molecule has 4 aromatic rings. The highest BCUT2D eigenvalue weighted by molar-refractivity contribution is 7.92. The van der Waals surface area contributed by atoms with Crippen molar-refractivity contribution in [3.05, 3.63) is 101 Å². The van der Waals surface area contributed by atoms with Crippen LogP contribution in [0.1, 0.15) is 71.5 Å². The molecule has 12 nitrogen and oxygen atoms in total. The summed E-state index contributed by atoms with van der Waals surface area (Å²) in [6.45, 7) is 8.32. The van der Waals surface area contributed by atoms with Crippen LogP contribution in [0.3, 0.4) is 0 Å². The van der Waals surface area contributed by atoms with Gasteiger partial charge in [0, 0.05) is 12.6 Å². The number of imidazole rings is 1. The summed E-state index contributed by atoms with van der Waals surface area (Å²) < 4.78 is 34.1. The molecule has 2 unspecified atom stereocenters. The maximum absolute atomic E-state index is 13.6. The van der Waals surface area contributed by atoms with Gasteiger partial charge >= 0.3 is 0 Å². The predicted molar refractivity (Wildman–Crippen MR) is 178 cm³/mol. The van der Waals surface area contributed by atoms with Crippen molar-refractivity contribution in [1.29, 1.82) is 0 Å². The van der Waals surface area contributed by atoms with Gasteiger partial charge in [-0.05, 0) is 53.3 Å². The lowest BCUT2D eigenvalue weighted by Gasteiger charge is -2.24. The average molecular weight is 646 g/mol.